The highest BCUT2D eigenvalue weighted by Gasteiger charge is 2.46. The number of nitrogens with zero attached hydrogens (tertiary/aromatic N) is 3. The van der Waals surface area contributed by atoms with E-state index in [1.807, 2.05) is 23.7 Å². The molecule has 1 saturated carbocycles. The summed E-state index contributed by atoms with van der Waals surface area (Å²) in [7, 11) is 2.17. The van der Waals surface area contributed by atoms with Crippen molar-refractivity contribution in [3.8, 4) is 0 Å². The van der Waals surface area contributed by atoms with Crippen LogP contribution in [0.3, 0.4) is 0 Å². The van der Waals surface area contributed by atoms with Crippen molar-refractivity contribution in [1.82, 2.24) is 19.9 Å². The van der Waals surface area contributed by atoms with Gasteiger partial charge in [-0.05, 0) is 69.3 Å². The molecule has 0 amide bonds. The number of hydrogen-bond acceptors (Lipinski definition) is 5. The third-order valence-electron chi connectivity index (χ3n) is 6.93. The van der Waals surface area contributed by atoms with Crippen molar-refractivity contribution in [2.75, 3.05) is 20.1 Å². The average molecular weight is 423 g/mol. The van der Waals surface area contributed by atoms with Crippen molar-refractivity contribution < 1.29 is 5.11 Å². The van der Waals surface area contributed by atoms with Crippen LogP contribution >= 0.6 is 11.3 Å². The Morgan fingerprint density at radius 3 is 2.93 bits per heavy atom. The van der Waals surface area contributed by atoms with Crippen LogP contribution in [0.5, 0.6) is 0 Å². The van der Waals surface area contributed by atoms with Gasteiger partial charge in [-0.3, -0.25) is 0 Å². The van der Waals surface area contributed by atoms with Crippen LogP contribution in [0.15, 0.2) is 41.9 Å². The molecule has 3 aliphatic rings. The third kappa shape index (κ3) is 3.96. The maximum atomic E-state index is 11.4. The van der Waals surface area contributed by atoms with Crippen LogP contribution in [0.25, 0.3) is 16.6 Å². The normalized spacial score (nSPS) is 25.9. The van der Waals surface area contributed by atoms with Gasteiger partial charge < -0.3 is 15.0 Å². The Bertz CT molecular complexity index is 994. The number of H-pyrrole nitrogens is 1. The predicted octanol–water partition coefficient (Wildman–Crippen LogP) is 4.52. The van der Waals surface area contributed by atoms with Crippen LogP contribution in [-0.4, -0.2) is 50.7 Å². The van der Waals surface area contributed by atoms with E-state index in [-0.39, 0.29) is 5.92 Å². The molecule has 3 aromatic rings. The van der Waals surface area contributed by atoms with Crippen molar-refractivity contribution in [1.29, 1.82) is 0 Å². The van der Waals surface area contributed by atoms with Crippen LogP contribution in [0, 0.1) is 11.8 Å². The summed E-state index contributed by atoms with van der Waals surface area (Å²) in [5.41, 5.74) is 2.97. The third-order valence-corrected chi connectivity index (χ3v) is 7.76. The fourth-order valence-electron chi connectivity index (χ4n) is 5.22. The Morgan fingerprint density at radius 2 is 2.17 bits per heavy atom. The summed E-state index contributed by atoms with van der Waals surface area (Å²) < 4.78 is 0. The largest absolute Gasteiger partial charge is 0.389 e. The molecule has 0 saturated heterocycles. The Labute approximate surface area is 181 Å². The molecule has 2 aromatic heterocycles. The molecule has 6 rings (SSSR count). The first-order valence-corrected chi connectivity index (χ1v) is 11.9. The summed E-state index contributed by atoms with van der Waals surface area (Å²) in [6.45, 7) is 1.95. The minimum absolute atomic E-state index is 0.269. The fraction of sp³-hybridized carbons (Fsp3) is 0.500. The Kier molecular flexibility index (Phi) is 5.48. The summed E-state index contributed by atoms with van der Waals surface area (Å²) >= 11 is 1.72. The number of fused-ring (bicyclic) bond motifs is 3. The molecular weight excluding hydrogens is 392 g/mol. The van der Waals surface area contributed by atoms with Gasteiger partial charge in [0.2, 0.25) is 0 Å². The molecule has 0 aliphatic heterocycles. The van der Waals surface area contributed by atoms with Gasteiger partial charge in [0.05, 0.1) is 16.6 Å². The highest BCUT2D eigenvalue weighted by Crippen LogP contribution is 2.51. The summed E-state index contributed by atoms with van der Waals surface area (Å²) in [6, 6.07) is 8.19. The molecule has 5 nitrogen and oxygen atoms in total. The van der Waals surface area contributed by atoms with Crippen molar-refractivity contribution in [2.45, 2.75) is 44.1 Å². The number of aromatic nitrogens is 3. The van der Waals surface area contributed by atoms with E-state index in [9.17, 15) is 5.11 Å². The van der Waals surface area contributed by atoms with E-state index in [2.05, 4.69) is 45.1 Å². The fourth-order valence-corrected chi connectivity index (χ4v) is 5.97. The minimum Gasteiger partial charge on any atom is -0.389 e. The number of rotatable bonds is 8. The number of imidazole rings is 1. The molecule has 1 fully saturated rings. The molecule has 158 valence electrons. The van der Waals surface area contributed by atoms with Crippen LogP contribution in [-0.2, 0) is 6.42 Å². The molecular formula is C24H30N4OS. The van der Waals surface area contributed by atoms with Gasteiger partial charge in [0.1, 0.15) is 10.8 Å². The highest BCUT2D eigenvalue weighted by atomic mass is 32.1. The molecule has 3 aliphatic carbocycles. The lowest BCUT2D eigenvalue weighted by molar-refractivity contribution is -0.0574. The van der Waals surface area contributed by atoms with Gasteiger partial charge in [0, 0.05) is 30.5 Å². The van der Waals surface area contributed by atoms with Gasteiger partial charge in [-0.1, -0.05) is 18.2 Å². The zero-order chi connectivity index (χ0) is 20.6. The van der Waals surface area contributed by atoms with Crippen LogP contribution in [0.4, 0.5) is 0 Å². The van der Waals surface area contributed by atoms with Crippen LogP contribution in [0.2, 0.25) is 0 Å². The molecule has 3 atom stereocenters. The zero-order valence-corrected chi connectivity index (χ0v) is 18.4. The summed E-state index contributed by atoms with van der Waals surface area (Å²) in [4.78, 5) is 14.9. The maximum Gasteiger partial charge on any atom is 0.119 e. The molecule has 6 heteroatoms. The van der Waals surface area contributed by atoms with Crippen LogP contribution in [0.1, 0.15) is 42.9 Å². The van der Waals surface area contributed by atoms with Crippen molar-refractivity contribution >= 4 is 27.9 Å². The maximum absolute atomic E-state index is 11.4. The zero-order valence-electron chi connectivity index (χ0n) is 17.6. The second kappa shape index (κ2) is 8.25. The number of benzene rings is 1. The Hall–Kier alpha value is -2.02. The number of aliphatic hydroxyl groups is 1. The van der Waals surface area contributed by atoms with E-state index < -0.39 is 5.60 Å². The van der Waals surface area contributed by atoms with Gasteiger partial charge in [-0.2, -0.15) is 0 Å². The smallest absolute Gasteiger partial charge is 0.119 e. The van der Waals surface area contributed by atoms with Crippen molar-refractivity contribution in [3.63, 3.8) is 0 Å². The molecule has 1 aromatic carbocycles. The first kappa shape index (κ1) is 19.9. The number of para-hydroxylation sites is 2. The van der Waals surface area contributed by atoms with E-state index >= 15 is 0 Å². The number of hydrogen-bond donors (Lipinski definition) is 2. The molecule has 1 unspecified atom stereocenters. The summed E-state index contributed by atoms with van der Waals surface area (Å²) in [6.07, 6.45) is 10.3. The van der Waals surface area contributed by atoms with Gasteiger partial charge in [-0.25, -0.2) is 9.97 Å². The summed E-state index contributed by atoms with van der Waals surface area (Å²) in [5.74, 6) is 1.79. The Balaban J connectivity index is 1.12. The molecule has 0 spiro atoms. The number of aryl methyl sites for hydroxylation is 1. The first-order valence-electron chi connectivity index (χ1n) is 11.1. The van der Waals surface area contributed by atoms with Crippen molar-refractivity contribution in [2.24, 2.45) is 11.8 Å². The average Bonchev–Trinajstić information content (AvgIpc) is 3.42. The number of allylic oxidation sites excluding steroid dienone is 1. The van der Waals surface area contributed by atoms with Crippen LogP contribution < -0.4 is 0 Å². The van der Waals surface area contributed by atoms with Gasteiger partial charge in [0.25, 0.3) is 0 Å². The standard InChI is InChI=1S/C24H30N4OS/c1-28(12-4-7-22-26-20-5-2-3-6-21(20)27-22)13-10-24(29)16-17-8-9-18(24)15-19(17)23-25-11-14-30-23/h2-3,5-6,11,14-15,17-18,29H,4,7-10,12-13,16H2,1H3,(H,26,27)/t17-,18?,24+/m1/s1. The van der Waals surface area contributed by atoms with Gasteiger partial charge >= 0.3 is 0 Å². The Morgan fingerprint density at radius 1 is 1.27 bits per heavy atom. The van der Waals surface area contributed by atoms with E-state index in [0.29, 0.717) is 5.92 Å². The molecule has 30 heavy (non-hydrogen) atoms. The second-order valence-corrected chi connectivity index (χ2v) is 9.90. The first-order chi connectivity index (χ1) is 14.6. The van der Waals surface area contributed by atoms with E-state index in [1.54, 1.807) is 11.3 Å². The lowest BCUT2D eigenvalue weighted by Crippen LogP contribution is -2.48. The lowest BCUT2D eigenvalue weighted by Gasteiger charge is -2.47. The molecule has 2 heterocycles. The van der Waals surface area contributed by atoms with E-state index in [4.69, 9.17) is 0 Å². The quantitative estimate of drug-likeness (QED) is 0.560. The second-order valence-electron chi connectivity index (χ2n) is 9.01. The SMILES string of the molecule is CN(CCCc1nc2ccccc2[nH]1)CC[C@]1(O)C[C@H]2CCC1C=C2c1nccs1. The highest BCUT2D eigenvalue weighted by molar-refractivity contribution is 7.10. The van der Waals surface area contributed by atoms with E-state index in [0.717, 1.165) is 67.1 Å². The lowest BCUT2D eigenvalue weighted by atomic mass is 9.62. The minimum atomic E-state index is -0.559. The summed E-state index contributed by atoms with van der Waals surface area (Å²) in [5, 5.41) is 14.6. The van der Waals surface area contributed by atoms with Gasteiger partial charge in [0.15, 0.2) is 0 Å². The molecule has 2 N–H and O–H groups in total. The number of thiazole rings is 1. The number of nitrogens with one attached hydrogen (secondary N) is 1. The van der Waals surface area contributed by atoms with Gasteiger partial charge in [-0.15, -0.1) is 11.3 Å². The number of aromatic amines is 1. The topological polar surface area (TPSA) is 65.0 Å². The predicted molar refractivity (Wildman–Crippen MR) is 122 cm³/mol. The molecule has 0 radical (unpaired) electrons. The van der Waals surface area contributed by atoms with Crippen molar-refractivity contribution in [3.05, 3.63) is 52.8 Å². The van der Waals surface area contributed by atoms with E-state index in [1.165, 1.54) is 12.0 Å². The molecule has 2 bridgehead atoms. The monoisotopic (exact) mass is 422 g/mol.